The second-order valence-corrected chi connectivity index (χ2v) is 4.00. The fourth-order valence-corrected chi connectivity index (χ4v) is 2.10. The van der Waals surface area contributed by atoms with E-state index in [0.29, 0.717) is 0 Å². The molecule has 0 aliphatic carbocycles. The van der Waals surface area contributed by atoms with Gasteiger partial charge in [0, 0.05) is 10.4 Å². The van der Waals surface area contributed by atoms with Crippen LogP contribution in [0.25, 0.3) is 0 Å². The lowest BCUT2D eigenvalue weighted by Crippen LogP contribution is -1.98. The van der Waals surface area contributed by atoms with Crippen LogP contribution in [-0.4, -0.2) is 0 Å². The van der Waals surface area contributed by atoms with Gasteiger partial charge in [-0.2, -0.15) is 0 Å². The molecule has 1 aromatic rings. The predicted octanol–water partition coefficient (Wildman–Crippen LogP) is 4.20. The molecule has 3 heteroatoms. The van der Waals surface area contributed by atoms with Gasteiger partial charge in [0.25, 0.3) is 0 Å². The summed E-state index contributed by atoms with van der Waals surface area (Å²) in [6, 6.07) is 3.94. The van der Waals surface area contributed by atoms with Crippen molar-refractivity contribution in [2.75, 3.05) is 0 Å². The van der Waals surface area contributed by atoms with Gasteiger partial charge in [0.15, 0.2) is 0 Å². The molecule has 0 heterocycles. The highest BCUT2D eigenvalue weighted by Gasteiger charge is 2.15. The maximum atomic E-state index is 13.2. The summed E-state index contributed by atoms with van der Waals surface area (Å²) in [5.74, 6) is -0.953. The third-order valence-corrected chi connectivity index (χ3v) is 2.77. The van der Waals surface area contributed by atoms with E-state index in [9.17, 15) is 8.78 Å². The standard InChI is InChI=1S/C10H11BrF2/c1-2-4-7(11)10-8(12)5-3-6-9(10)13/h3,5-7H,2,4H2,1H3. The molecule has 13 heavy (non-hydrogen) atoms. The van der Waals surface area contributed by atoms with Gasteiger partial charge < -0.3 is 0 Å². The Morgan fingerprint density at radius 1 is 1.31 bits per heavy atom. The van der Waals surface area contributed by atoms with Crippen LogP contribution in [0.3, 0.4) is 0 Å². The average molecular weight is 249 g/mol. The molecule has 1 atom stereocenters. The Hall–Kier alpha value is -0.440. The first-order valence-corrected chi connectivity index (χ1v) is 5.16. The van der Waals surface area contributed by atoms with Crippen LogP contribution in [0.4, 0.5) is 8.78 Å². The normalized spacial score (nSPS) is 12.9. The third kappa shape index (κ3) is 2.50. The number of benzene rings is 1. The Balaban J connectivity index is 2.98. The molecule has 0 radical (unpaired) electrons. The van der Waals surface area contributed by atoms with Gasteiger partial charge in [-0.05, 0) is 18.6 Å². The van der Waals surface area contributed by atoms with Crippen LogP contribution in [0.1, 0.15) is 30.2 Å². The largest absolute Gasteiger partial charge is 0.207 e. The molecule has 0 spiro atoms. The summed E-state index contributed by atoms with van der Waals surface area (Å²) in [7, 11) is 0. The van der Waals surface area contributed by atoms with Crippen LogP contribution in [0.15, 0.2) is 18.2 Å². The zero-order valence-corrected chi connectivity index (χ0v) is 8.94. The van der Waals surface area contributed by atoms with Crippen LogP contribution in [-0.2, 0) is 0 Å². The van der Waals surface area contributed by atoms with Crippen molar-refractivity contribution in [2.24, 2.45) is 0 Å². The van der Waals surface area contributed by atoms with Crippen LogP contribution in [0.2, 0.25) is 0 Å². The summed E-state index contributed by atoms with van der Waals surface area (Å²) in [6.07, 6.45) is 1.63. The molecule has 0 nitrogen and oxygen atoms in total. The van der Waals surface area contributed by atoms with Crippen molar-refractivity contribution in [1.29, 1.82) is 0 Å². The molecule has 0 amide bonds. The van der Waals surface area contributed by atoms with Crippen molar-refractivity contribution in [3.63, 3.8) is 0 Å². The smallest absolute Gasteiger partial charge is 0.130 e. The summed E-state index contributed by atoms with van der Waals surface area (Å²) >= 11 is 3.27. The first-order valence-electron chi connectivity index (χ1n) is 4.24. The van der Waals surface area contributed by atoms with Crippen molar-refractivity contribution < 1.29 is 8.78 Å². The van der Waals surface area contributed by atoms with E-state index in [0.717, 1.165) is 12.8 Å². The molecule has 1 aromatic carbocycles. The molecule has 1 rings (SSSR count). The van der Waals surface area contributed by atoms with Crippen molar-refractivity contribution >= 4 is 15.9 Å². The van der Waals surface area contributed by atoms with E-state index in [1.807, 2.05) is 6.92 Å². The van der Waals surface area contributed by atoms with Crippen LogP contribution in [0.5, 0.6) is 0 Å². The Bertz CT molecular complexity index is 266. The number of rotatable bonds is 3. The molecule has 1 unspecified atom stereocenters. The highest BCUT2D eigenvalue weighted by molar-refractivity contribution is 9.09. The van der Waals surface area contributed by atoms with Gasteiger partial charge >= 0.3 is 0 Å². The van der Waals surface area contributed by atoms with Crippen molar-refractivity contribution in [2.45, 2.75) is 24.6 Å². The minimum atomic E-state index is -0.477. The lowest BCUT2D eigenvalue weighted by molar-refractivity contribution is 0.548. The minimum Gasteiger partial charge on any atom is -0.207 e. The van der Waals surface area contributed by atoms with Gasteiger partial charge in [0.2, 0.25) is 0 Å². The summed E-state index contributed by atoms with van der Waals surface area (Å²) in [6.45, 7) is 1.98. The lowest BCUT2D eigenvalue weighted by Gasteiger charge is -2.10. The topological polar surface area (TPSA) is 0 Å². The summed E-state index contributed by atoms with van der Waals surface area (Å²) < 4.78 is 26.3. The molecule has 0 saturated carbocycles. The lowest BCUT2D eigenvalue weighted by atomic mass is 10.1. The molecule has 0 N–H and O–H groups in total. The fourth-order valence-electron chi connectivity index (χ4n) is 1.21. The molecule has 0 aliphatic heterocycles. The van der Waals surface area contributed by atoms with Gasteiger partial charge in [-0.25, -0.2) is 8.78 Å². The van der Waals surface area contributed by atoms with E-state index >= 15 is 0 Å². The second kappa shape index (κ2) is 4.70. The Morgan fingerprint density at radius 3 is 2.31 bits per heavy atom. The SMILES string of the molecule is CCCC(Br)c1c(F)cccc1F. The molecule has 0 saturated heterocycles. The third-order valence-electron chi connectivity index (χ3n) is 1.86. The number of hydrogen-bond acceptors (Lipinski definition) is 0. The first-order chi connectivity index (χ1) is 6.16. The Morgan fingerprint density at radius 2 is 1.85 bits per heavy atom. The van der Waals surface area contributed by atoms with Gasteiger partial charge in [0.05, 0.1) is 0 Å². The van der Waals surface area contributed by atoms with Crippen LogP contribution < -0.4 is 0 Å². The zero-order chi connectivity index (χ0) is 9.84. The summed E-state index contributed by atoms with van der Waals surface area (Å²) in [5.41, 5.74) is 0.143. The zero-order valence-electron chi connectivity index (χ0n) is 7.36. The monoisotopic (exact) mass is 248 g/mol. The van der Waals surface area contributed by atoms with E-state index in [2.05, 4.69) is 15.9 Å². The predicted molar refractivity (Wildman–Crippen MR) is 52.9 cm³/mol. The van der Waals surface area contributed by atoms with E-state index < -0.39 is 11.6 Å². The van der Waals surface area contributed by atoms with Gasteiger partial charge in [-0.3, -0.25) is 0 Å². The quantitative estimate of drug-likeness (QED) is 0.704. The fraction of sp³-hybridized carbons (Fsp3) is 0.400. The number of hydrogen-bond donors (Lipinski definition) is 0. The second-order valence-electron chi connectivity index (χ2n) is 2.89. The maximum Gasteiger partial charge on any atom is 0.130 e. The molecular formula is C10H11BrF2. The molecular weight excluding hydrogens is 238 g/mol. The summed E-state index contributed by atoms with van der Waals surface area (Å²) in [5, 5.41) is 0. The number of alkyl halides is 1. The van der Waals surface area contributed by atoms with Crippen LogP contribution >= 0.6 is 15.9 Å². The van der Waals surface area contributed by atoms with Crippen molar-refractivity contribution in [1.82, 2.24) is 0 Å². The minimum absolute atomic E-state index is 0.143. The highest BCUT2D eigenvalue weighted by atomic mass is 79.9. The molecule has 72 valence electrons. The molecule has 0 bridgehead atoms. The Kier molecular flexibility index (Phi) is 3.85. The van der Waals surface area contributed by atoms with Gasteiger partial charge in [-0.1, -0.05) is 35.3 Å². The van der Waals surface area contributed by atoms with Crippen molar-refractivity contribution in [3.8, 4) is 0 Å². The highest BCUT2D eigenvalue weighted by Crippen LogP contribution is 2.31. The number of halogens is 3. The molecule has 0 aliphatic rings. The van der Waals surface area contributed by atoms with E-state index in [1.54, 1.807) is 0 Å². The van der Waals surface area contributed by atoms with E-state index in [1.165, 1.54) is 18.2 Å². The first kappa shape index (κ1) is 10.6. The molecule has 0 aromatic heterocycles. The van der Waals surface area contributed by atoms with E-state index in [4.69, 9.17) is 0 Å². The van der Waals surface area contributed by atoms with Crippen LogP contribution in [0, 0.1) is 11.6 Å². The van der Waals surface area contributed by atoms with Gasteiger partial charge in [0.1, 0.15) is 11.6 Å². The Labute approximate surface area is 85.1 Å². The molecule has 0 fully saturated rings. The van der Waals surface area contributed by atoms with Gasteiger partial charge in [-0.15, -0.1) is 0 Å². The maximum absolute atomic E-state index is 13.2. The van der Waals surface area contributed by atoms with E-state index in [-0.39, 0.29) is 10.4 Å². The average Bonchev–Trinajstić information content (AvgIpc) is 2.04. The van der Waals surface area contributed by atoms with Crippen molar-refractivity contribution in [3.05, 3.63) is 35.4 Å². The summed E-state index contributed by atoms with van der Waals surface area (Å²) in [4.78, 5) is -0.223.